The minimum Gasteiger partial charge on any atom is -0.383 e. The van der Waals surface area contributed by atoms with Crippen molar-refractivity contribution in [3.05, 3.63) is 6.33 Å². The Kier molecular flexibility index (Phi) is 6.66. The van der Waals surface area contributed by atoms with Crippen LogP contribution in [0.15, 0.2) is 11.5 Å². The number of hydrogen-bond donors (Lipinski definition) is 0. The second-order valence-electron chi connectivity index (χ2n) is 5.32. The van der Waals surface area contributed by atoms with Gasteiger partial charge in [0.2, 0.25) is 5.91 Å². The molecular formula is C14H25N5O2S. The van der Waals surface area contributed by atoms with Crippen LogP contribution < -0.4 is 0 Å². The van der Waals surface area contributed by atoms with E-state index < -0.39 is 0 Å². The van der Waals surface area contributed by atoms with E-state index in [1.807, 2.05) is 16.4 Å². The molecule has 7 nitrogen and oxygen atoms in total. The molecule has 1 unspecified atom stereocenters. The Labute approximate surface area is 136 Å². The van der Waals surface area contributed by atoms with E-state index in [2.05, 4.69) is 22.0 Å². The molecule has 1 amide bonds. The molecule has 0 aromatic carbocycles. The van der Waals surface area contributed by atoms with Gasteiger partial charge in [0, 0.05) is 39.8 Å². The molecule has 0 spiro atoms. The van der Waals surface area contributed by atoms with Crippen LogP contribution in [0.4, 0.5) is 0 Å². The number of nitrogens with zero attached hydrogens (tertiary/aromatic N) is 5. The molecular weight excluding hydrogens is 302 g/mol. The van der Waals surface area contributed by atoms with Gasteiger partial charge in [0.25, 0.3) is 0 Å². The van der Waals surface area contributed by atoms with Gasteiger partial charge in [-0.2, -0.15) is 0 Å². The quantitative estimate of drug-likeness (QED) is 0.682. The van der Waals surface area contributed by atoms with Gasteiger partial charge in [0.1, 0.15) is 6.33 Å². The van der Waals surface area contributed by atoms with Gasteiger partial charge in [-0.15, -0.1) is 10.2 Å². The van der Waals surface area contributed by atoms with E-state index in [1.165, 1.54) is 11.8 Å². The number of piperazine rings is 1. The van der Waals surface area contributed by atoms with Crippen molar-refractivity contribution < 1.29 is 9.53 Å². The number of rotatable bonds is 7. The van der Waals surface area contributed by atoms with E-state index in [1.54, 1.807) is 13.4 Å². The fraction of sp³-hybridized carbons (Fsp3) is 0.786. The van der Waals surface area contributed by atoms with Gasteiger partial charge in [-0.1, -0.05) is 18.7 Å². The summed E-state index contributed by atoms with van der Waals surface area (Å²) in [6, 6.07) is 0. The van der Waals surface area contributed by atoms with Crippen LogP contribution in [0.1, 0.15) is 13.8 Å². The second-order valence-corrected chi connectivity index (χ2v) is 6.63. The molecule has 1 aromatic heterocycles. The van der Waals surface area contributed by atoms with Crippen LogP contribution in [0.5, 0.6) is 0 Å². The molecule has 1 aliphatic rings. The smallest absolute Gasteiger partial charge is 0.235 e. The lowest BCUT2D eigenvalue weighted by molar-refractivity contribution is -0.132. The Morgan fingerprint density at radius 3 is 2.77 bits per heavy atom. The highest BCUT2D eigenvalue weighted by Gasteiger charge is 2.26. The van der Waals surface area contributed by atoms with Gasteiger partial charge in [-0.25, -0.2) is 0 Å². The van der Waals surface area contributed by atoms with Crippen molar-refractivity contribution in [3.63, 3.8) is 0 Å². The summed E-state index contributed by atoms with van der Waals surface area (Å²) in [7, 11) is 1.67. The summed E-state index contributed by atoms with van der Waals surface area (Å²) < 4.78 is 7.00. The third kappa shape index (κ3) is 4.44. The molecule has 1 aromatic rings. The summed E-state index contributed by atoms with van der Waals surface area (Å²) in [6.45, 7) is 10.00. The Morgan fingerprint density at radius 1 is 1.41 bits per heavy atom. The van der Waals surface area contributed by atoms with E-state index in [9.17, 15) is 4.79 Å². The summed E-state index contributed by atoms with van der Waals surface area (Å²) in [5.41, 5.74) is 0. The fourth-order valence-corrected chi connectivity index (χ4v) is 3.36. The molecule has 8 heteroatoms. The van der Waals surface area contributed by atoms with Gasteiger partial charge < -0.3 is 19.1 Å². The van der Waals surface area contributed by atoms with Crippen LogP contribution in [-0.2, 0) is 16.1 Å². The molecule has 0 bridgehead atoms. The van der Waals surface area contributed by atoms with Gasteiger partial charge in [-0.3, -0.25) is 4.79 Å². The number of carbonyl (C=O) groups excluding carboxylic acids is 1. The number of hydrogen-bond acceptors (Lipinski definition) is 6. The zero-order valence-corrected chi connectivity index (χ0v) is 14.4. The monoisotopic (exact) mass is 327 g/mol. The number of thioether (sulfide) groups is 1. The molecule has 2 heterocycles. The molecule has 0 saturated carbocycles. The summed E-state index contributed by atoms with van der Waals surface area (Å²) in [6.07, 6.45) is 1.68. The maximum absolute atomic E-state index is 12.5. The van der Waals surface area contributed by atoms with Crippen LogP contribution in [0.25, 0.3) is 0 Å². The van der Waals surface area contributed by atoms with Crippen molar-refractivity contribution in [2.24, 2.45) is 0 Å². The largest absolute Gasteiger partial charge is 0.383 e. The Bertz CT molecular complexity index is 474. The summed E-state index contributed by atoms with van der Waals surface area (Å²) in [5, 5.41) is 8.64. The van der Waals surface area contributed by atoms with Gasteiger partial charge in [0.15, 0.2) is 5.16 Å². The molecule has 1 aliphatic heterocycles. The first kappa shape index (κ1) is 17.2. The Morgan fingerprint density at radius 2 is 2.14 bits per heavy atom. The van der Waals surface area contributed by atoms with Crippen molar-refractivity contribution in [3.8, 4) is 0 Å². The summed E-state index contributed by atoms with van der Waals surface area (Å²) in [5.74, 6) is 0.182. The number of likely N-dealkylation sites (N-methyl/N-ethyl adjacent to an activating group) is 1. The first-order valence-electron chi connectivity index (χ1n) is 7.70. The number of aromatic nitrogens is 3. The highest BCUT2D eigenvalue weighted by atomic mass is 32.2. The molecule has 2 rings (SSSR count). The third-order valence-corrected chi connectivity index (χ3v) is 4.96. The van der Waals surface area contributed by atoms with Gasteiger partial charge in [0.05, 0.1) is 11.9 Å². The third-order valence-electron chi connectivity index (χ3n) is 3.88. The Hall–Kier alpha value is -1.12. The molecule has 1 atom stereocenters. The van der Waals surface area contributed by atoms with Crippen LogP contribution in [0, 0.1) is 0 Å². The fourth-order valence-electron chi connectivity index (χ4n) is 2.43. The predicted octanol–water partition coefficient (Wildman–Crippen LogP) is 0.569. The van der Waals surface area contributed by atoms with E-state index in [-0.39, 0.29) is 11.2 Å². The lowest BCUT2D eigenvalue weighted by Crippen LogP contribution is -2.50. The normalized spacial score (nSPS) is 17.7. The lowest BCUT2D eigenvalue weighted by atomic mass is 10.3. The van der Waals surface area contributed by atoms with Crippen LogP contribution in [0.2, 0.25) is 0 Å². The molecule has 1 fully saturated rings. The number of carbonyl (C=O) groups is 1. The van der Waals surface area contributed by atoms with E-state index >= 15 is 0 Å². The summed E-state index contributed by atoms with van der Waals surface area (Å²) in [4.78, 5) is 16.9. The first-order chi connectivity index (χ1) is 10.7. The van der Waals surface area contributed by atoms with E-state index in [4.69, 9.17) is 4.74 Å². The van der Waals surface area contributed by atoms with Crippen molar-refractivity contribution in [1.82, 2.24) is 24.6 Å². The maximum Gasteiger partial charge on any atom is 0.235 e. The minimum atomic E-state index is -0.154. The average Bonchev–Trinajstić information content (AvgIpc) is 2.99. The van der Waals surface area contributed by atoms with Crippen LogP contribution >= 0.6 is 11.8 Å². The molecule has 0 aliphatic carbocycles. The van der Waals surface area contributed by atoms with Crippen molar-refractivity contribution >= 4 is 17.7 Å². The highest BCUT2D eigenvalue weighted by Crippen LogP contribution is 2.22. The number of amides is 1. The van der Waals surface area contributed by atoms with Crippen molar-refractivity contribution in [1.29, 1.82) is 0 Å². The maximum atomic E-state index is 12.5. The van der Waals surface area contributed by atoms with Crippen molar-refractivity contribution in [2.45, 2.75) is 30.8 Å². The number of ether oxygens (including phenoxy) is 1. The molecule has 124 valence electrons. The first-order valence-corrected chi connectivity index (χ1v) is 8.58. The minimum absolute atomic E-state index is 0.154. The topological polar surface area (TPSA) is 63.5 Å². The average molecular weight is 327 g/mol. The summed E-state index contributed by atoms with van der Waals surface area (Å²) >= 11 is 1.46. The standard InChI is InChI=1S/C14H25N5O2S/c1-4-17-5-7-18(8-6-17)13(20)12(2)22-14-16-15-11-19(14)9-10-21-3/h11-12H,4-10H2,1-3H3. The zero-order chi connectivity index (χ0) is 15.9. The van der Waals surface area contributed by atoms with Crippen LogP contribution in [-0.4, -0.2) is 82.2 Å². The Balaban J connectivity index is 1.87. The molecule has 0 radical (unpaired) electrons. The molecule has 22 heavy (non-hydrogen) atoms. The van der Waals surface area contributed by atoms with Crippen LogP contribution in [0.3, 0.4) is 0 Å². The van der Waals surface area contributed by atoms with Gasteiger partial charge in [-0.05, 0) is 13.5 Å². The highest BCUT2D eigenvalue weighted by molar-refractivity contribution is 8.00. The van der Waals surface area contributed by atoms with Crippen molar-refractivity contribution in [2.75, 3.05) is 46.4 Å². The van der Waals surface area contributed by atoms with Gasteiger partial charge >= 0.3 is 0 Å². The van der Waals surface area contributed by atoms with E-state index in [0.717, 1.165) is 37.9 Å². The second kappa shape index (κ2) is 8.50. The molecule has 0 N–H and O–H groups in total. The zero-order valence-electron chi connectivity index (χ0n) is 13.6. The SMILES string of the molecule is CCN1CCN(C(=O)C(C)Sc2nncn2CCOC)CC1. The van der Waals surface area contributed by atoms with E-state index in [0.29, 0.717) is 13.2 Å². The number of methoxy groups -OCH3 is 1. The predicted molar refractivity (Wildman–Crippen MR) is 85.9 cm³/mol. The lowest BCUT2D eigenvalue weighted by Gasteiger charge is -2.35. The molecule has 1 saturated heterocycles.